The zero-order chi connectivity index (χ0) is 23.9. The Bertz CT molecular complexity index is 1460. The highest BCUT2D eigenvalue weighted by atomic mass is 32.1. The van der Waals surface area contributed by atoms with Gasteiger partial charge in [0.2, 0.25) is 6.79 Å². The van der Waals surface area contributed by atoms with E-state index < -0.39 is 0 Å². The fraction of sp³-hybridized carbons (Fsp3) is 0.148. The molecule has 0 saturated carbocycles. The molecule has 0 fully saturated rings. The van der Waals surface area contributed by atoms with Crippen molar-refractivity contribution in [1.82, 2.24) is 4.98 Å². The van der Waals surface area contributed by atoms with Crippen LogP contribution in [0.4, 0.5) is 10.8 Å². The molecule has 7 nitrogen and oxygen atoms in total. The van der Waals surface area contributed by atoms with Crippen LogP contribution in [-0.2, 0) is 6.42 Å². The summed E-state index contributed by atoms with van der Waals surface area (Å²) in [6, 6.07) is 18.8. The third-order valence-corrected chi connectivity index (χ3v) is 6.93. The number of ether oxygens (including phenoxy) is 2. The van der Waals surface area contributed by atoms with Crippen LogP contribution in [0.3, 0.4) is 0 Å². The number of thiazole rings is 1. The van der Waals surface area contributed by atoms with Gasteiger partial charge in [-0.15, -0.1) is 11.3 Å². The molecule has 2 amide bonds. The lowest BCUT2D eigenvalue weighted by Crippen LogP contribution is -2.28. The molecule has 0 unspecified atom stereocenters. The van der Waals surface area contributed by atoms with Gasteiger partial charge in [-0.05, 0) is 61.4 Å². The smallest absolute Gasteiger partial charge is 0.258 e. The number of nitrogens with one attached hydrogen (secondary N) is 1. The molecule has 8 heteroatoms. The third kappa shape index (κ3) is 4.02. The Kier molecular flexibility index (Phi) is 5.22. The van der Waals surface area contributed by atoms with Crippen LogP contribution in [0.1, 0.15) is 31.8 Å². The molecule has 0 saturated heterocycles. The van der Waals surface area contributed by atoms with E-state index in [0.717, 1.165) is 34.5 Å². The van der Waals surface area contributed by atoms with E-state index >= 15 is 0 Å². The van der Waals surface area contributed by atoms with Crippen molar-refractivity contribution in [3.05, 3.63) is 88.3 Å². The number of amides is 2. The van der Waals surface area contributed by atoms with E-state index in [0.29, 0.717) is 34.3 Å². The van der Waals surface area contributed by atoms with Crippen LogP contribution < -0.4 is 19.7 Å². The number of hydrogen-bond acceptors (Lipinski definition) is 6. The molecule has 0 spiro atoms. The zero-order valence-electron chi connectivity index (χ0n) is 18.9. The van der Waals surface area contributed by atoms with Gasteiger partial charge in [-0.3, -0.25) is 14.9 Å². The summed E-state index contributed by atoms with van der Waals surface area (Å²) in [5.41, 5.74) is 6.07. The van der Waals surface area contributed by atoms with Gasteiger partial charge < -0.3 is 14.4 Å². The summed E-state index contributed by atoms with van der Waals surface area (Å²) in [6.45, 7) is 2.82. The molecule has 0 aliphatic carbocycles. The topological polar surface area (TPSA) is 80.8 Å². The summed E-state index contributed by atoms with van der Waals surface area (Å²) in [5, 5.41) is 5.29. The molecule has 2 aliphatic heterocycles. The van der Waals surface area contributed by atoms with Crippen molar-refractivity contribution < 1.29 is 19.1 Å². The summed E-state index contributed by atoms with van der Waals surface area (Å²) < 4.78 is 10.6. The van der Waals surface area contributed by atoms with E-state index in [-0.39, 0.29) is 18.6 Å². The van der Waals surface area contributed by atoms with Crippen molar-refractivity contribution in [2.24, 2.45) is 0 Å². The van der Waals surface area contributed by atoms with Crippen LogP contribution in [0.2, 0.25) is 0 Å². The van der Waals surface area contributed by atoms with Crippen LogP contribution >= 0.6 is 11.3 Å². The van der Waals surface area contributed by atoms with Gasteiger partial charge in [0.15, 0.2) is 16.6 Å². The Balaban J connectivity index is 1.18. The van der Waals surface area contributed by atoms with E-state index in [2.05, 4.69) is 16.4 Å². The molecular weight excluding hydrogens is 462 g/mol. The van der Waals surface area contributed by atoms with E-state index in [1.807, 2.05) is 53.6 Å². The zero-order valence-corrected chi connectivity index (χ0v) is 19.7. The molecular formula is C27H21N3O4S. The Morgan fingerprint density at radius 3 is 2.63 bits per heavy atom. The number of benzene rings is 3. The van der Waals surface area contributed by atoms with E-state index in [1.54, 1.807) is 18.2 Å². The maximum atomic E-state index is 13.0. The van der Waals surface area contributed by atoms with E-state index in [9.17, 15) is 9.59 Å². The van der Waals surface area contributed by atoms with Gasteiger partial charge in [0.25, 0.3) is 11.8 Å². The Labute approximate surface area is 206 Å². The number of carbonyl (C=O) groups is 2. The van der Waals surface area contributed by atoms with Crippen LogP contribution in [0.25, 0.3) is 11.3 Å². The van der Waals surface area contributed by atoms with Crippen molar-refractivity contribution in [2.75, 3.05) is 23.6 Å². The number of hydrogen-bond donors (Lipinski definition) is 1. The maximum absolute atomic E-state index is 13.0. The quantitative estimate of drug-likeness (QED) is 0.426. The Morgan fingerprint density at radius 1 is 0.971 bits per heavy atom. The average molecular weight is 484 g/mol. The van der Waals surface area contributed by atoms with Crippen molar-refractivity contribution >= 4 is 34.0 Å². The van der Waals surface area contributed by atoms with Crippen LogP contribution in [0.15, 0.2) is 66.0 Å². The van der Waals surface area contributed by atoms with Gasteiger partial charge in [-0.2, -0.15) is 0 Å². The highest BCUT2D eigenvalue weighted by Crippen LogP contribution is 2.35. The van der Waals surface area contributed by atoms with Crippen LogP contribution in [-0.4, -0.2) is 30.1 Å². The van der Waals surface area contributed by atoms with Gasteiger partial charge >= 0.3 is 0 Å². The third-order valence-electron chi connectivity index (χ3n) is 6.17. The lowest BCUT2D eigenvalue weighted by atomic mass is 10.1. The second-order valence-corrected chi connectivity index (χ2v) is 9.33. The number of aromatic nitrogens is 1. The van der Waals surface area contributed by atoms with Crippen LogP contribution in [0.5, 0.6) is 11.5 Å². The molecule has 4 aromatic rings. The van der Waals surface area contributed by atoms with Gasteiger partial charge in [0.1, 0.15) is 0 Å². The van der Waals surface area contributed by atoms with Crippen molar-refractivity contribution in [3.63, 3.8) is 0 Å². The number of anilines is 2. The second kappa shape index (κ2) is 8.56. The van der Waals surface area contributed by atoms with Crippen LogP contribution in [0, 0.1) is 6.92 Å². The second-order valence-electron chi connectivity index (χ2n) is 8.48. The molecule has 2 aliphatic rings. The van der Waals surface area contributed by atoms with E-state index in [4.69, 9.17) is 9.47 Å². The molecule has 174 valence electrons. The first-order valence-electron chi connectivity index (χ1n) is 11.2. The predicted molar refractivity (Wildman–Crippen MR) is 135 cm³/mol. The Morgan fingerprint density at radius 2 is 1.77 bits per heavy atom. The summed E-state index contributed by atoms with van der Waals surface area (Å²) in [7, 11) is 0. The average Bonchev–Trinajstić information content (AvgIpc) is 3.62. The number of rotatable bonds is 4. The number of nitrogens with zero attached hydrogens (tertiary/aromatic N) is 2. The number of fused-ring (bicyclic) bond motifs is 2. The lowest BCUT2D eigenvalue weighted by Gasteiger charge is -2.17. The largest absolute Gasteiger partial charge is 0.454 e. The molecule has 0 atom stereocenters. The SMILES string of the molecule is Cc1ccc(C(=O)N2CCc3cc(-c4csc(NC(=O)c5ccc6c(c5)OCO6)n4)ccc32)cc1. The predicted octanol–water partition coefficient (Wildman–Crippen LogP) is 5.30. The molecule has 1 aromatic heterocycles. The first kappa shape index (κ1) is 21.4. The maximum Gasteiger partial charge on any atom is 0.258 e. The Hall–Kier alpha value is -4.17. The summed E-state index contributed by atoms with van der Waals surface area (Å²) in [4.78, 5) is 32.1. The van der Waals surface area contributed by atoms with Gasteiger partial charge in [0, 0.05) is 34.3 Å². The molecule has 3 heterocycles. The minimum Gasteiger partial charge on any atom is -0.454 e. The first-order chi connectivity index (χ1) is 17.0. The minimum atomic E-state index is -0.261. The van der Waals surface area contributed by atoms with Crippen molar-refractivity contribution in [2.45, 2.75) is 13.3 Å². The monoisotopic (exact) mass is 483 g/mol. The normalized spacial score (nSPS) is 13.6. The van der Waals surface area contributed by atoms with E-state index in [1.165, 1.54) is 11.3 Å². The molecule has 0 bridgehead atoms. The molecule has 3 aromatic carbocycles. The standard InChI is InChI=1S/C27H21N3O4S/c1-16-2-4-17(5-3-16)26(32)30-11-10-19-12-18(6-8-22(19)30)21-14-35-27(28-21)29-25(31)20-7-9-23-24(13-20)34-15-33-23/h2-9,12-14H,10-11,15H2,1H3,(H,28,29,31). The fourth-order valence-electron chi connectivity index (χ4n) is 4.29. The molecule has 35 heavy (non-hydrogen) atoms. The van der Waals surface area contributed by atoms with Gasteiger partial charge in [-0.1, -0.05) is 23.8 Å². The van der Waals surface area contributed by atoms with Crippen molar-refractivity contribution in [3.8, 4) is 22.8 Å². The van der Waals surface area contributed by atoms with Gasteiger partial charge in [0.05, 0.1) is 5.69 Å². The highest BCUT2D eigenvalue weighted by Gasteiger charge is 2.26. The lowest BCUT2D eigenvalue weighted by molar-refractivity contribution is 0.0987. The summed E-state index contributed by atoms with van der Waals surface area (Å²) in [6.07, 6.45) is 0.790. The molecule has 1 N–H and O–H groups in total. The van der Waals surface area contributed by atoms with Crippen molar-refractivity contribution in [1.29, 1.82) is 0 Å². The molecule has 6 rings (SSSR count). The number of aryl methyl sites for hydroxylation is 1. The highest BCUT2D eigenvalue weighted by molar-refractivity contribution is 7.14. The fourth-order valence-corrected chi connectivity index (χ4v) is 5.01. The minimum absolute atomic E-state index is 0.0127. The summed E-state index contributed by atoms with van der Waals surface area (Å²) >= 11 is 1.37. The van der Waals surface area contributed by atoms with Gasteiger partial charge in [-0.25, -0.2) is 4.98 Å². The first-order valence-corrected chi connectivity index (χ1v) is 12.1. The summed E-state index contributed by atoms with van der Waals surface area (Å²) in [5.74, 6) is 0.946. The number of carbonyl (C=O) groups excluding carboxylic acids is 2. The molecule has 0 radical (unpaired) electrons.